The number of anilines is 1. The molecule has 0 unspecified atom stereocenters. The smallest absolute Gasteiger partial charge is 0.255 e. The van der Waals surface area contributed by atoms with Crippen LogP contribution < -0.4 is 5.32 Å². The van der Waals surface area contributed by atoms with Crippen molar-refractivity contribution in [2.45, 2.75) is 18.7 Å². The summed E-state index contributed by atoms with van der Waals surface area (Å²) in [6.45, 7) is 4.07. The number of benzene rings is 2. The van der Waals surface area contributed by atoms with Crippen LogP contribution in [0.3, 0.4) is 0 Å². The third kappa shape index (κ3) is 3.87. The molecular formula is C16H16BrNOS. The molecule has 0 aliphatic carbocycles. The quantitative estimate of drug-likeness (QED) is 0.776. The second-order valence-corrected chi connectivity index (χ2v) is 6.62. The summed E-state index contributed by atoms with van der Waals surface area (Å²) in [5.41, 5.74) is 2.58. The minimum absolute atomic E-state index is 0.0847. The number of carbonyl (C=O) groups is 1. The van der Waals surface area contributed by atoms with Crippen LogP contribution in [0.1, 0.15) is 22.8 Å². The van der Waals surface area contributed by atoms with Crippen molar-refractivity contribution in [3.63, 3.8) is 0 Å². The fourth-order valence-electron chi connectivity index (χ4n) is 1.91. The maximum Gasteiger partial charge on any atom is 0.255 e. The molecule has 2 aromatic carbocycles. The van der Waals surface area contributed by atoms with Crippen molar-refractivity contribution in [2.75, 3.05) is 11.1 Å². The number of hydrogen-bond donors (Lipinski definition) is 1. The zero-order valence-corrected chi connectivity index (χ0v) is 13.8. The summed E-state index contributed by atoms with van der Waals surface area (Å²) in [5.74, 6) is 0.890. The molecule has 2 nitrogen and oxygen atoms in total. The summed E-state index contributed by atoms with van der Waals surface area (Å²) in [6.07, 6.45) is 0. The Morgan fingerprint density at radius 1 is 1.25 bits per heavy atom. The molecule has 0 aliphatic rings. The summed E-state index contributed by atoms with van der Waals surface area (Å²) in [7, 11) is 0. The minimum atomic E-state index is -0.0847. The Morgan fingerprint density at radius 2 is 2.00 bits per heavy atom. The normalized spacial score (nSPS) is 10.3. The molecule has 20 heavy (non-hydrogen) atoms. The molecule has 2 rings (SSSR count). The lowest BCUT2D eigenvalue weighted by atomic mass is 10.1. The zero-order valence-electron chi connectivity index (χ0n) is 11.4. The van der Waals surface area contributed by atoms with Crippen molar-refractivity contribution < 1.29 is 4.79 Å². The van der Waals surface area contributed by atoms with Crippen LogP contribution in [0.25, 0.3) is 0 Å². The Bertz CT molecular complexity index is 607. The highest BCUT2D eigenvalue weighted by Gasteiger charge is 2.10. The van der Waals surface area contributed by atoms with Crippen LogP contribution in [0.5, 0.6) is 0 Å². The number of aryl methyl sites for hydroxylation is 1. The summed E-state index contributed by atoms with van der Waals surface area (Å²) < 4.78 is 0.916. The van der Waals surface area contributed by atoms with E-state index in [1.165, 1.54) is 0 Å². The van der Waals surface area contributed by atoms with Gasteiger partial charge in [-0.2, -0.15) is 0 Å². The second-order valence-electron chi connectivity index (χ2n) is 4.40. The van der Waals surface area contributed by atoms with Crippen molar-refractivity contribution in [3.8, 4) is 0 Å². The molecule has 4 heteroatoms. The Labute approximate surface area is 132 Å². The van der Waals surface area contributed by atoms with E-state index < -0.39 is 0 Å². The fourth-order valence-corrected chi connectivity index (χ4v) is 3.28. The molecule has 0 radical (unpaired) electrons. The lowest BCUT2D eigenvalue weighted by Crippen LogP contribution is -2.12. The first-order valence-electron chi connectivity index (χ1n) is 6.40. The maximum absolute atomic E-state index is 12.3. The molecule has 0 saturated heterocycles. The van der Waals surface area contributed by atoms with Gasteiger partial charge >= 0.3 is 0 Å². The van der Waals surface area contributed by atoms with Crippen LogP contribution in [-0.4, -0.2) is 11.7 Å². The van der Waals surface area contributed by atoms with Gasteiger partial charge in [0.15, 0.2) is 0 Å². The monoisotopic (exact) mass is 349 g/mol. The lowest BCUT2D eigenvalue weighted by molar-refractivity contribution is 0.102. The molecule has 0 atom stereocenters. The molecule has 0 spiro atoms. The third-order valence-electron chi connectivity index (χ3n) is 2.74. The van der Waals surface area contributed by atoms with Gasteiger partial charge in [0.2, 0.25) is 0 Å². The number of thioether (sulfide) groups is 1. The molecule has 0 fully saturated rings. The summed E-state index contributed by atoms with van der Waals surface area (Å²) in [4.78, 5) is 13.4. The Kier molecular flexibility index (Phi) is 5.26. The zero-order chi connectivity index (χ0) is 14.5. The van der Waals surface area contributed by atoms with Gasteiger partial charge in [0, 0.05) is 14.9 Å². The molecule has 0 saturated carbocycles. The minimum Gasteiger partial charge on any atom is -0.321 e. The molecule has 1 amide bonds. The van der Waals surface area contributed by atoms with Gasteiger partial charge in [0.25, 0.3) is 5.91 Å². The summed E-state index contributed by atoms with van der Waals surface area (Å²) in [5, 5.41) is 2.99. The molecular weight excluding hydrogens is 334 g/mol. The second kappa shape index (κ2) is 6.95. The predicted octanol–water partition coefficient (Wildman–Crippen LogP) is 5.12. The third-order valence-corrected chi connectivity index (χ3v) is 4.15. The molecule has 0 heterocycles. The van der Waals surface area contributed by atoms with Crippen molar-refractivity contribution in [2.24, 2.45) is 0 Å². The van der Waals surface area contributed by atoms with Crippen molar-refractivity contribution in [1.82, 2.24) is 0 Å². The van der Waals surface area contributed by atoms with E-state index in [9.17, 15) is 4.79 Å². The van der Waals surface area contributed by atoms with Gasteiger partial charge in [-0.25, -0.2) is 0 Å². The summed E-state index contributed by atoms with van der Waals surface area (Å²) >= 11 is 5.14. The maximum atomic E-state index is 12.3. The van der Waals surface area contributed by atoms with E-state index in [2.05, 4.69) is 28.2 Å². The van der Waals surface area contributed by atoms with Crippen molar-refractivity contribution in [3.05, 3.63) is 58.1 Å². The largest absolute Gasteiger partial charge is 0.321 e. The van der Waals surface area contributed by atoms with E-state index in [1.54, 1.807) is 11.8 Å². The highest BCUT2D eigenvalue weighted by Crippen LogP contribution is 2.27. The van der Waals surface area contributed by atoms with Gasteiger partial charge in [0.1, 0.15) is 0 Å². The average Bonchev–Trinajstić information content (AvgIpc) is 2.40. The Hall–Kier alpha value is -1.26. The number of halogens is 1. The first-order chi connectivity index (χ1) is 9.60. The van der Waals surface area contributed by atoms with E-state index >= 15 is 0 Å². The number of carbonyl (C=O) groups excluding carboxylic acids is 1. The number of hydrogen-bond acceptors (Lipinski definition) is 2. The number of nitrogens with one attached hydrogen (secondary N) is 1. The topological polar surface area (TPSA) is 29.1 Å². The molecule has 0 bridgehead atoms. The van der Waals surface area contributed by atoms with Gasteiger partial charge in [-0.15, -0.1) is 11.8 Å². The molecule has 0 aliphatic heterocycles. The highest BCUT2D eigenvalue weighted by molar-refractivity contribution is 9.10. The Balaban J connectivity index is 2.23. The van der Waals surface area contributed by atoms with E-state index in [4.69, 9.17) is 0 Å². The van der Waals surface area contributed by atoms with E-state index in [1.807, 2.05) is 49.4 Å². The van der Waals surface area contributed by atoms with Crippen LogP contribution in [0, 0.1) is 6.92 Å². The number of para-hydroxylation sites is 1. The van der Waals surface area contributed by atoms with Crippen LogP contribution in [0.2, 0.25) is 0 Å². The van der Waals surface area contributed by atoms with Gasteiger partial charge in [-0.3, -0.25) is 4.79 Å². The standard InChI is InChI=1S/C16H16BrNOS/c1-3-20-15-7-5-4-6-14(15)18-16(19)12-8-11(2)9-13(17)10-12/h4-10H,3H2,1-2H3,(H,18,19). The van der Waals surface area contributed by atoms with Crippen LogP contribution in [0.4, 0.5) is 5.69 Å². The van der Waals surface area contributed by atoms with E-state index in [0.29, 0.717) is 5.56 Å². The predicted molar refractivity (Wildman–Crippen MR) is 89.7 cm³/mol. The highest BCUT2D eigenvalue weighted by atomic mass is 79.9. The SMILES string of the molecule is CCSc1ccccc1NC(=O)c1cc(C)cc(Br)c1. The van der Waals surface area contributed by atoms with Crippen LogP contribution in [-0.2, 0) is 0 Å². The molecule has 2 aromatic rings. The molecule has 104 valence electrons. The lowest BCUT2D eigenvalue weighted by Gasteiger charge is -2.10. The number of amides is 1. The van der Waals surface area contributed by atoms with Crippen molar-refractivity contribution in [1.29, 1.82) is 0 Å². The molecule has 1 N–H and O–H groups in total. The van der Waals surface area contributed by atoms with Gasteiger partial charge < -0.3 is 5.32 Å². The van der Waals surface area contributed by atoms with Crippen LogP contribution >= 0.6 is 27.7 Å². The summed E-state index contributed by atoms with van der Waals surface area (Å²) in [6, 6.07) is 13.6. The molecule has 0 aromatic heterocycles. The van der Waals surface area contributed by atoms with E-state index in [0.717, 1.165) is 26.4 Å². The number of rotatable bonds is 4. The average molecular weight is 350 g/mol. The van der Waals surface area contributed by atoms with E-state index in [-0.39, 0.29) is 5.91 Å². The van der Waals surface area contributed by atoms with Gasteiger partial charge in [-0.05, 0) is 48.6 Å². The Morgan fingerprint density at radius 3 is 2.70 bits per heavy atom. The van der Waals surface area contributed by atoms with Crippen LogP contribution in [0.15, 0.2) is 51.8 Å². The fraction of sp³-hybridized carbons (Fsp3) is 0.188. The van der Waals surface area contributed by atoms with Gasteiger partial charge in [-0.1, -0.05) is 35.0 Å². The van der Waals surface area contributed by atoms with Crippen molar-refractivity contribution >= 4 is 39.3 Å². The van der Waals surface area contributed by atoms with Gasteiger partial charge in [0.05, 0.1) is 5.69 Å². The first kappa shape index (κ1) is 15.1. The first-order valence-corrected chi connectivity index (χ1v) is 8.18.